The van der Waals surface area contributed by atoms with E-state index in [2.05, 4.69) is 26.1 Å². The number of benzene rings is 1. The molecule has 1 amide bonds. The summed E-state index contributed by atoms with van der Waals surface area (Å²) in [5, 5.41) is 2.91. The lowest BCUT2D eigenvalue weighted by molar-refractivity contribution is -0.112. The highest BCUT2D eigenvalue weighted by atomic mass is 79.9. The molecule has 0 bridgehead atoms. The van der Waals surface area contributed by atoms with Crippen LogP contribution in [0.3, 0.4) is 0 Å². The van der Waals surface area contributed by atoms with E-state index in [0.29, 0.717) is 23.9 Å². The van der Waals surface area contributed by atoms with Crippen molar-refractivity contribution in [1.29, 1.82) is 0 Å². The minimum absolute atomic E-state index is 0.112. The Labute approximate surface area is 152 Å². The van der Waals surface area contributed by atoms with Crippen LogP contribution in [0.2, 0.25) is 0 Å². The molecular formula is C17H15BrN2O3S. The molecule has 24 heavy (non-hydrogen) atoms. The number of carbonyl (C=O) groups excluding carboxylic acids is 1. The molecule has 3 heterocycles. The van der Waals surface area contributed by atoms with Crippen molar-refractivity contribution in [2.24, 2.45) is 0 Å². The Morgan fingerprint density at radius 2 is 2.04 bits per heavy atom. The summed E-state index contributed by atoms with van der Waals surface area (Å²) in [6.45, 7) is 2.98. The number of halogens is 1. The number of hydrogen-bond donors (Lipinski definition) is 1. The number of fused-ring (bicyclic) bond motifs is 1. The lowest BCUT2D eigenvalue weighted by Gasteiger charge is -2.26. The number of hydrogen-bond acceptors (Lipinski definition) is 5. The first kappa shape index (κ1) is 15.8. The van der Waals surface area contributed by atoms with E-state index < -0.39 is 0 Å². The van der Waals surface area contributed by atoms with Gasteiger partial charge in [-0.3, -0.25) is 4.79 Å². The number of para-hydroxylation sites is 1. The van der Waals surface area contributed by atoms with Crippen LogP contribution in [0.4, 0.5) is 11.6 Å². The minimum atomic E-state index is -0.112. The molecule has 4 rings (SSSR count). The predicted molar refractivity (Wildman–Crippen MR) is 98.3 cm³/mol. The summed E-state index contributed by atoms with van der Waals surface area (Å²) in [6, 6.07) is 9.65. The fraction of sp³-hybridized carbons (Fsp3) is 0.235. The minimum Gasteiger partial charge on any atom is -0.440 e. The maximum absolute atomic E-state index is 12.3. The molecule has 0 spiro atoms. The summed E-state index contributed by atoms with van der Waals surface area (Å²) in [5.41, 5.74) is 0.847. The third-order valence-corrected chi connectivity index (χ3v) is 5.51. The number of nitrogens with zero attached hydrogens (tertiary/aromatic N) is 1. The Morgan fingerprint density at radius 1 is 1.25 bits per heavy atom. The highest BCUT2D eigenvalue weighted by Crippen LogP contribution is 2.39. The summed E-state index contributed by atoms with van der Waals surface area (Å²) in [7, 11) is 0. The SMILES string of the molecule is O=C1Nc2ccccc2S/C1=C\c1cc(Br)c(N2CCOCC2)o1. The number of amides is 1. The van der Waals surface area contributed by atoms with Gasteiger partial charge in [0.1, 0.15) is 5.76 Å². The van der Waals surface area contributed by atoms with Crippen molar-refractivity contribution in [3.63, 3.8) is 0 Å². The van der Waals surface area contributed by atoms with Crippen molar-refractivity contribution in [2.45, 2.75) is 4.90 Å². The van der Waals surface area contributed by atoms with Gasteiger partial charge in [0, 0.05) is 30.1 Å². The average Bonchev–Trinajstić information content (AvgIpc) is 2.97. The number of rotatable bonds is 2. The number of anilines is 2. The van der Waals surface area contributed by atoms with Gasteiger partial charge in [-0.1, -0.05) is 23.9 Å². The zero-order valence-electron chi connectivity index (χ0n) is 12.8. The van der Waals surface area contributed by atoms with Gasteiger partial charge in [0.2, 0.25) is 5.88 Å². The van der Waals surface area contributed by atoms with Crippen LogP contribution in [0, 0.1) is 0 Å². The van der Waals surface area contributed by atoms with Crippen molar-refractivity contribution in [2.75, 3.05) is 36.5 Å². The number of nitrogens with one attached hydrogen (secondary N) is 1. The van der Waals surface area contributed by atoms with Crippen molar-refractivity contribution in [3.05, 3.63) is 45.5 Å². The molecule has 1 N–H and O–H groups in total. The molecule has 0 radical (unpaired) electrons. The second-order valence-electron chi connectivity index (χ2n) is 5.46. The number of thioether (sulfide) groups is 1. The molecular weight excluding hydrogens is 392 g/mol. The van der Waals surface area contributed by atoms with E-state index in [1.807, 2.05) is 30.3 Å². The van der Waals surface area contributed by atoms with Gasteiger partial charge in [0.25, 0.3) is 5.91 Å². The Hall–Kier alpha value is -1.70. The number of furan rings is 1. The Morgan fingerprint density at radius 3 is 2.88 bits per heavy atom. The van der Waals surface area contributed by atoms with E-state index in [0.717, 1.165) is 34.0 Å². The fourth-order valence-corrected chi connectivity index (χ4v) is 4.15. The van der Waals surface area contributed by atoms with Crippen molar-refractivity contribution in [3.8, 4) is 0 Å². The van der Waals surface area contributed by atoms with E-state index in [9.17, 15) is 4.79 Å². The number of morpholine rings is 1. The van der Waals surface area contributed by atoms with E-state index >= 15 is 0 Å². The van der Waals surface area contributed by atoms with Crippen LogP contribution >= 0.6 is 27.7 Å². The molecule has 0 atom stereocenters. The zero-order chi connectivity index (χ0) is 16.5. The highest BCUT2D eigenvalue weighted by Gasteiger charge is 2.23. The molecule has 5 nitrogen and oxygen atoms in total. The van der Waals surface area contributed by atoms with Crippen LogP contribution < -0.4 is 10.2 Å². The quantitative estimate of drug-likeness (QED) is 0.764. The summed E-state index contributed by atoms with van der Waals surface area (Å²) >= 11 is 5.00. The highest BCUT2D eigenvalue weighted by molar-refractivity contribution is 9.10. The normalized spacial score (nSPS) is 19.3. The van der Waals surface area contributed by atoms with E-state index in [-0.39, 0.29) is 5.91 Å². The maximum Gasteiger partial charge on any atom is 0.262 e. The molecule has 2 aliphatic heterocycles. The third kappa shape index (κ3) is 3.11. The zero-order valence-corrected chi connectivity index (χ0v) is 15.2. The summed E-state index contributed by atoms with van der Waals surface area (Å²) in [6.07, 6.45) is 1.78. The summed E-state index contributed by atoms with van der Waals surface area (Å²) < 4.78 is 12.2. The van der Waals surface area contributed by atoms with Crippen LogP contribution in [0.25, 0.3) is 6.08 Å². The van der Waals surface area contributed by atoms with Gasteiger partial charge < -0.3 is 19.4 Å². The van der Waals surface area contributed by atoms with Gasteiger partial charge >= 0.3 is 0 Å². The largest absolute Gasteiger partial charge is 0.440 e. The molecule has 0 unspecified atom stereocenters. The summed E-state index contributed by atoms with van der Waals surface area (Å²) in [5.74, 6) is 1.33. The van der Waals surface area contributed by atoms with Crippen molar-refractivity contribution in [1.82, 2.24) is 0 Å². The van der Waals surface area contributed by atoms with E-state index in [1.54, 1.807) is 6.08 Å². The van der Waals surface area contributed by atoms with Crippen molar-refractivity contribution >= 4 is 51.2 Å². The van der Waals surface area contributed by atoms with E-state index in [4.69, 9.17) is 9.15 Å². The average molecular weight is 407 g/mol. The van der Waals surface area contributed by atoms with Crippen LogP contribution in [-0.2, 0) is 9.53 Å². The van der Waals surface area contributed by atoms with Crippen LogP contribution in [0.15, 0.2) is 49.0 Å². The predicted octanol–water partition coefficient (Wildman–Crippen LogP) is 3.96. The Bertz CT molecular complexity index is 812. The van der Waals surface area contributed by atoms with Gasteiger partial charge in [-0.05, 0) is 28.1 Å². The molecule has 7 heteroatoms. The second kappa shape index (κ2) is 6.66. The lowest BCUT2D eigenvalue weighted by Crippen LogP contribution is -2.36. The molecule has 1 saturated heterocycles. The fourth-order valence-electron chi connectivity index (χ4n) is 2.66. The number of ether oxygens (including phenoxy) is 1. The first-order chi connectivity index (χ1) is 11.7. The molecule has 2 aliphatic rings. The first-order valence-corrected chi connectivity index (χ1v) is 9.23. The smallest absolute Gasteiger partial charge is 0.262 e. The molecule has 2 aromatic rings. The van der Waals surface area contributed by atoms with Gasteiger partial charge in [0.15, 0.2) is 0 Å². The standard InChI is InChI=1S/C17H15BrN2O3S/c18-12-9-11(23-17(12)20-5-7-22-8-6-20)10-15-16(21)19-13-3-1-2-4-14(13)24-15/h1-4,9-10H,5-8H2,(H,19,21)/b15-10-. The van der Waals surface area contributed by atoms with Gasteiger partial charge in [-0.25, -0.2) is 0 Å². The van der Waals surface area contributed by atoms with Crippen LogP contribution in [-0.4, -0.2) is 32.2 Å². The van der Waals surface area contributed by atoms with Gasteiger partial charge in [-0.15, -0.1) is 0 Å². The topological polar surface area (TPSA) is 54.7 Å². The molecule has 1 fully saturated rings. The molecule has 124 valence electrons. The van der Waals surface area contributed by atoms with Crippen LogP contribution in [0.1, 0.15) is 5.76 Å². The molecule has 0 saturated carbocycles. The Balaban J connectivity index is 1.61. The monoisotopic (exact) mass is 406 g/mol. The molecule has 1 aromatic heterocycles. The van der Waals surface area contributed by atoms with Crippen LogP contribution in [0.5, 0.6) is 0 Å². The second-order valence-corrected chi connectivity index (χ2v) is 7.40. The molecule has 0 aliphatic carbocycles. The lowest BCUT2D eigenvalue weighted by atomic mass is 10.3. The number of carbonyl (C=O) groups is 1. The Kier molecular flexibility index (Phi) is 4.39. The summed E-state index contributed by atoms with van der Waals surface area (Å²) in [4.78, 5) is 16.1. The maximum atomic E-state index is 12.3. The third-order valence-electron chi connectivity index (χ3n) is 3.84. The van der Waals surface area contributed by atoms with Crippen molar-refractivity contribution < 1.29 is 13.9 Å². The first-order valence-electron chi connectivity index (χ1n) is 7.63. The van der Waals surface area contributed by atoms with Gasteiger partial charge in [0.05, 0.1) is 28.3 Å². The van der Waals surface area contributed by atoms with E-state index in [1.165, 1.54) is 11.8 Å². The van der Waals surface area contributed by atoms with Gasteiger partial charge in [-0.2, -0.15) is 0 Å². The molecule has 1 aromatic carbocycles.